The molecule has 140 valence electrons. The van der Waals surface area contributed by atoms with Crippen LogP contribution in [0.4, 0.5) is 4.79 Å². The highest BCUT2D eigenvalue weighted by atomic mass is 16.6. The molecule has 0 aliphatic heterocycles. The molecule has 0 saturated carbocycles. The number of likely N-dealkylation sites (N-methyl/N-ethyl adjacent to an activating group) is 1. The molecular weight excluding hydrogens is 308 g/mol. The number of alkyl carbamates (subject to hydrolysis) is 1. The molecule has 24 heavy (non-hydrogen) atoms. The number of hydrogen-bond donors (Lipinski definition) is 1. The minimum atomic E-state index is -0.740. The molecule has 2 amide bonds. The van der Waals surface area contributed by atoms with Crippen LogP contribution in [-0.2, 0) is 14.3 Å². The molecule has 0 unspecified atom stereocenters. The maximum absolute atomic E-state index is 12.5. The van der Waals surface area contributed by atoms with Crippen LogP contribution in [0.25, 0.3) is 0 Å². The average Bonchev–Trinajstić information content (AvgIpc) is 2.37. The number of ether oxygens (including phenoxy) is 2. The molecule has 0 saturated heterocycles. The SMILES string of the molecule is C=C[C@@H](CCOC(C)(C)C)[C@H](NC(=O)OC(C)(C)C)C(=O)N(C)C. The van der Waals surface area contributed by atoms with Gasteiger partial charge in [0.15, 0.2) is 0 Å². The van der Waals surface area contributed by atoms with Gasteiger partial charge in [-0.2, -0.15) is 0 Å². The Hall–Kier alpha value is -1.56. The van der Waals surface area contributed by atoms with E-state index in [4.69, 9.17) is 9.47 Å². The summed E-state index contributed by atoms with van der Waals surface area (Å²) in [5.74, 6) is -0.462. The van der Waals surface area contributed by atoms with E-state index in [1.807, 2.05) is 20.8 Å². The first-order valence-electron chi connectivity index (χ1n) is 8.24. The first-order chi connectivity index (χ1) is 10.8. The van der Waals surface area contributed by atoms with Gasteiger partial charge in [-0.3, -0.25) is 4.79 Å². The van der Waals surface area contributed by atoms with E-state index >= 15 is 0 Å². The Morgan fingerprint density at radius 3 is 2.04 bits per heavy atom. The number of hydrogen-bond acceptors (Lipinski definition) is 4. The normalized spacial score (nSPS) is 14.5. The molecule has 0 fully saturated rings. The van der Waals surface area contributed by atoms with Gasteiger partial charge in [-0.25, -0.2) is 4.79 Å². The van der Waals surface area contributed by atoms with E-state index in [1.54, 1.807) is 40.9 Å². The largest absolute Gasteiger partial charge is 0.444 e. The van der Waals surface area contributed by atoms with Gasteiger partial charge >= 0.3 is 6.09 Å². The zero-order chi connectivity index (χ0) is 19.1. The quantitative estimate of drug-likeness (QED) is 0.722. The highest BCUT2D eigenvalue weighted by Crippen LogP contribution is 2.17. The second-order valence-electron chi connectivity index (χ2n) is 8.01. The van der Waals surface area contributed by atoms with Crippen molar-refractivity contribution in [2.75, 3.05) is 20.7 Å². The van der Waals surface area contributed by atoms with Gasteiger partial charge in [0, 0.05) is 26.6 Å². The van der Waals surface area contributed by atoms with Gasteiger partial charge < -0.3 is 19.7 Å². The van der Waals surface area contributed by atoms with Gasteiger partial charge in [0.05, 0.1) is 5.60 Å². The van der Waals surface area contributed by atoms with E-state index in [2.05, 4.69) is 11.9 Å². The maximum atomic E-state index is 12.5. The molecule has 1 N–H and O–H groups in total. The third kappa shape index (κ3) is 9.55. The van der Waals surface area contributed by atoms with E-state index in [0.29, 0.717) is 13.0 Å². The zero-order valence-corrected chi connectivity index (χ0v) is 16.4. The van der Waals surface area contributed by atoms with Crippen LogP contribution in [0.2, 0.25) is 0 Å². The number of nitrogens with zero attached hydrogens (tertiary/aromatic N) is 1. The van der Waals surface area contributed by atoms with Crippen molar-refractivity contribution in [3.8, 4) is 0 Å². The third-order valence-corrected chi connectivity index (χ3v) is 3.10. The molecule has 2 atom stereocenters. The van der Waals surface area contributed by atoms with E-state index in [9.17, 15) is 9.59 Å². The summed E-state index contributed by atoms with van der Waals surface area (Å²) in [5, 5.41) is 2.67. The number of rotatable bonds is 7. The Morgan fingerprint density at radius 2 is 1.67 bits per heavy atom. The summed E-state index contributed by atoms with van der Waals surface area (Å²) >= 11 is 0. The van der Waals surface area contributed by atoms with Crippen molar-refractivity contribution in [3.05, 3.63) is 12.7 Å². The summed E-state index contributed by atoms with van der Waals surface area (Å²) in [7, 11) is 3.30. The van der Waals surface area contributed by atoms with E-state index < -0.39 is 17.7 Å². The molecule has 0 aliphatic carbocycles. The standard InChI is InChI=1S/C18H34N2O4/c1-10-13(11-12-23-17(2,3)4)14(15(21)20(8)9)19-16(22)24-18(5,6)7/h10,13-14H,1,11-12H2,2-9H3,(H,19,22)/t13-,14-/m0/s1. The molecule has 0 radical (unpaired) electrons. The third-order valence-electron chi connectivity index (χ3n) is 3.10. The molecule has 6 nitrogen and oxygen atoms in total. The molecule has 0 aliphatic rings. The zero-order valence-electron chi connectivity index (χ0n) is 16.4. The van der Waals surface area contributed by atoms with Crippen molar-refractivity contribution in [2.24, 2.45) is 5.92 Å². The lowest BCUT2D eigenvalue weighted by Gasteiger charge is -2.29. The monoisotopic (exact) mass is 342 g/mol. The Labute approximate surface area is 146 Å². The van der Waals surface area contributed by atoms with Crippen LogP contribution in [0.5, 0.6) is 0 Å². The van der Waals surface area contributed by atoms with Crippen molar-refractivity contribution < 1.29 is 19.1 Å². The summed E-state index contributed by atoms with van der Waals surface area (Å²) in [6, 6.07) is -0.740. The summed E-state index contributed by atoms with van der Waals surface area (Å²) < 4.78 is 11.0. The van der Waals surface area contributed by atoms with Crippen LogP contribution >= 0.6 is 0 Å². The van der Waals surface area contributed by atoms with E-state index in [-0.39, 0.29) is 17.4 Å². The second kappa shape index (κ2) is 9.06. The van der Waals surface area contributed by atoms with Crippen LogP contribution < -0.4 is 5.32 Å². The summed E-state index contributed by atoms with van der Waals surface area (Å²) in [6.45, 7) is 15.5. The first-order valence-corrected chi connectivity index (χ1v) is 8.24. The Bertz CT molecular complexity index is 433. The first kappa shape index (κ1) is 22.4. The molecule has 0 bridgehead atoms. The van der Waals surface area contributed by atoms with Crippen molar-refractivity contribution >= 4 is 12.0 Å². The molecule has 0 heterocycles. The topological polar surface area (TPSA) is 67.9 Å². The fourth-order valence-corrected chi connectivity index (χ4v) is 1.99. The summed E-state index contributed by atoms with van der Waals surface area (Å²) in [6.07, 6.45) is 1.63. The number of carbonyl (C=O) groups is 2. The van der Waals surface area contributed by atoms with Crippen molar-refractivity contribution in [3.63, 3.8) is 0 Å². The van der Waals surface area contributed by atoms with Crippen LogP contribution in [0.3, 0.4) is 0 Å². The fraction of sp³-hybridized carbons (Fsp3) is 0.778. The maximum Gasteiger partial charge on any atom is 0.408 e. The summed E-state index contributed by atoms with van der Waals surface area (Å²) in [4.78, 5) is 26.0. The van der Waals surface area contributed by atoms with Gasteiger partial charge in [0.1, 0.15) is 11.6 Å². The molecule has 0 spiro atoms. The molecule has 0 aromatic carbocycles. The molecule has 0 rings (SSSR count). The van der Waals surface area contributed by atoms with Gasteiger partial charge in [-0.1, -0.05) is 6.08 Å². The average molecular weight is 342 g/mol. The number of nitrogens with one attached hydrogen (secondary N) is 1. The summed E-state index contributed by atoms with van der Waals surface area (Å²) in [5.41, 5.74) is -0.889. The fourth-order valence-electron chi connectivity index (χ4n) is 1.99. The number of carbonyl (C=O) groups excluding carboxylic acids is 2. The molecule has 0 aromatic heterocycles. The van der Waals surface area contributed by atoms with Crippen LogP contribution in [0, 0.1) is 5.92 Å². The van der Waals surface area contributed by atoms with Gasteiger partial charge in [0.2, 0.25) is 5.91 Å². The molecular formula is C18H34N2O4. The lowest BCUT2D eigenvalue weighted by atomic mass is 9.95. The minimum absolute atomic E-state index is 0.207. The van der Waals surface area contributed by atoms with Crippen molar-refractivity contribution in [2.45, 2.75) is 65.2 Å². The Morgan fingerprint density at radius 1 is 1.12 bits per heavy atom. The van der Waals surface area contributed by atoms with Crippen molar-refractivity contribution in [1.29, 1.82) is 0 Å². The van der Waals surface area contributed by atoms with E-state index in [1.165, 1.54) is 4.90 Å². The lowest BCUT2D eigenvalue weighted by Crippen LogP contribution is -2.51. The highest BCUT2D eigenvalue weighted by molar-refractivity contribution is 5.86. The second-order valence-corrected chi connectivity index (χ2v) is 8.01. The van der Waals surface area contributed by atoms with Crippen molar-refractivity contribution in [1.82, 2.24) is 10.2 Å². The number of amides is 2. The van der Waals surface area contributed by atoms with Crippen LogP contribution in [0.15, 0.2) is 12.7 Å². The Balaban J connectivity index is 5.05. The van der Waals surface area contributed by atoms with Gasteiger partial charge in [0.25, 0.3) is 0 Å². The van der Waals surface area contributed by atoms with E-state index in [0.717, 1.165) is 0 Å². The van der Waals surface area contributed by atoms with Gasteiger partial charge in [-0.05, 0) is 48.0 Å². The highest BCUT2D eigenvalue weighted by Gasteiger charge is 2.31. The smallest absolute Gasteiger partial charge is 0.408 e. The molecule has 0 aromatic rings. The predicted molar refractivity (Wildman–Crippen MR) is 95.9 cm³/mol. The van der Waals surface area contributed by atoms with Crippen LogP contribution in [0.1, 0.15) is 48.0 Å². The Kier molecular flexibility index (Phi) is 8.47. The molecule has 6 heteroatoms. The van der Waals surface area contributed by atoms with Gasteiger partial charge in [-0.15, -0.1) is 6.58 Å². The minimum Gasteiger partial charge on any atom is -0.444 e. The lowest BCUT2D eigenvalue weighted by molar-refractivity contribution is -0.132. The predicted octanol–water partition coefficient (Wildman–Crippen LogP) is 2.98. The van der Waals surface area contributed by atoms with Crippen LogP contribution in [-0.4, -0.2) is 54.8 Å².